The van der Waals surface area contributed by atoms with Crippen LogP contribution in [0.15, 0.2) is 24.3 Å². The van der Waals surface area contributed by atoms with E-state index in [9.17, 15) is 9.59 Å². The predicted octanol–water partition coefficient (Wildman–Crippen LogP) is 5.63. The molecule has 0 bridgehead atoms. The van der Waals surface area contributed by atoms with Gasteiger partial charge in [-0.2, -0.15) is 0 Å². The van der Waals surface area contributed by atoms with E-state index in [1.54, 1.807) is 0 Å². The van der Waals surface area contributed by atoms with Crippen LogP contribution in [0.3, 0.4) is 0 Å². The van der Waals surface area contributed by atoms with E-state index in [1.807, 2.05) is 0 Å². The molecule has 3 heteroatoms. The van der Waals surface area contributed by atoms with E-state index >= 15 is 0 Å². The van der Waals surface area contributed by atoms with Gasteiger partial charge >= 0.3 is 0 Å². The van der Waals surface area contributed by atoms with Gasteiger partial charge in [-0.3, -0.25) is 9.59 Å². The van der Waals surface area contributed by atoms with Crippen LogP contribution in [0.1, 0.15) is 96.8 Å². The maximum Gasteiger partial charge on any atom is 0.251 e. The van der Waals surface area contributed by atoms with Gasteiger partial charge in [0.2, 0.25) is 0 Å². The van der Waals surface area contributed by atoms with Crippen LogP contribution >= 0.6 is 0 Å². The molecule has 0 saturated carbocycles. The van der Waals surface area contributed by atoms with Crippen molar-refractivity contribution in [1.29, 1.82) is 0 Å². The third-order valence-corrected chi connectivity index (χ3v) is 4.30. The maximum absolute atomic E-state index is 11.5. The lowest BCUT2D eigenvalue weighted by Gasteiger charge is -2.01. The number of amides is 1. The Morgan fingerprint density at radius 2 is 1.25 bits per heavy atom. The highest BCUT2D eigenvalue weighted by Gasteiger charge is 2.11. The minimum atomic E-state index is -0.701. The Kier molecular flexibility index (Phi) is 15.5. The highest BCUT2D eigenvalue weighted by atomic mass is 16.2. The molecule has 0 aromatic carbocycles. The van der Waals surface area contributed by atoms with E-state index in [0.29, 0.717) is 6.42 Å². The zero-order valence-corrected chi connectivity index (χ0v) is 15.7. The minimum absolute atomic E-state index is 0.0644. The summed E-state index contributed by atoms with van der Waals surface area (Å²) in [6.07, 6.45) is 21.0. The molecular weight excluding hydrogens is 298 g/mol. The third-order valence-electron chi connectivity index (χ3n) is 4.30. The van der Waals surface area contributed by atoms with Crippen molar-refractivity contribution in [3.05, 3.63) is 24.3 Å². The van der Waals surface area contributed by atoms with Crippen molar-refractivity contribution >= 4 is 11.7 Å². The van der Waals surface area contributed by atoms with E-state index in [2.05, 4.69) is 25.7 Å². The molecule has 0 aromatic heterocycles. The number of hydrogen-bond donors (Lipinski definition) is 1. The Morgan fingerprint density at radius 1 is 0.792 bits per heavy atom. The fraction of sp³-hybridized carbons (Fsp3) is 0.714. The molecule has 0 fully saturated rings. The van der Waals surface area contributed by atoms with Crippen molar-refractivity contribution in [2.24, 2.45) is 5.73 Å². The van der Waals surface area contributed by atoms with Crippen molar-refractivity contribution in [1.82, 2.24) is 0 Å². The molecule has 0 spiro atoms. The molecule has 0 aliphatic heterocycles. The lowest BCUT2D eigenvalue weighted by atomic mass is 10.0. The molecule has 0 rings (SSSR count). The number of primary amides is 1. The number of nitrogens with two attached hydrogens (primary N) is 1. The molecule has 138 valence electrons. The van der Waals surface area contributed by atoms with Gasteiger partial charge in [-0.05, 0) is 32.1 Å². The average Bonchev–Trinajstić information content (AvgIpc) is 2.57. The molecular formula is C21H37NO2. The molecule has 0 atom stereocenters. The van der Waals surface area contributed by atoms with E-state index in [0.717, 1.165) is 25.7 Å². The van der Waals surface area contributed by atoms with Crippen LogP contribution in [-0.2, 0) is 9.59 Å². The smallest absolute Gasteiger partial charge is 0.251 e. The van der Waals surface area contributed by atoms with Crippen molar-refractivity contribution < 1.29 is 9.59 Å². The summed E-state index contributed by atoms with van der Waals surface area (Å²) in [5.41, 5.74) is 4.96. The van der Waals surface area contributed by atoms with Gasteiger partial charge in [-0.1, -0.05) is 77.0 Å². The standard InChI is InChI=1S/C21H37NO2/c1-3-4-5-6-7-8-9-10-11-12-13-14-15-16-17-18-20(23)19(2)21(22)24/h10-11H,2-9,12-18H2,1H3,(H2,22,24). The highest BCUT2D eigenvalue weighted by molar-refractivity contribution is 6.18. The second-order valence-electron chi connectivity index (χ2n) is 6.60. The van der Waals surface area contributed by atoms with Crippen molar-refractivity contribution in [3.63, 3.8) is 0 Å². The fourth-order valence-corrected chi connectivity index (χ4v) is 2.64. The summed E-state index contributed by atoms with van der Waals surface area (Å²) >= 11 is 0. The van der Waals surface area contributed by atoms with E-state index in [-0.39, 0.29) is 11.4 Å². The first-order chi connectivity index (χ1) is 11.6. The summed E-state index contributed by atoms with van der Waals surface area (Å²) in [6.45, 7) is 5.66. The molecule has 1 amide bonds. The lowest BCUT2D eigenvalue weighted by molar-refractivity contribution is -0.120. The number of carbonyl (C=O) groups is 2. The Hall–Kier alpha value is -1.38. The van der Waals surface area contributed by atoms with Gasteiger partial charge in [0, 0.05) is 6.42 Å². The number of Topliss-reactive ketones (excluding diaryl/α,β-unsaturated/α-hetero) is 1. The topological polar surface area (TPSA) is 60.2 Å². The number of allylic oxidation sites excluding steroid dienone is 2. The molecule has 0 aliphatic rings. The first-order valence-electron chi connectivity index (χ1n) is 9.76. The molecule has 0 heterocycles. The molecule has 0 saturated heterocycles. The van der Waals surface area contributed by atoms with Crippen molar-refractivity contribution in [3.8, 4) is 0 Å². The van der Waals surface area contributed by atoms with Crippen LogP contribution in [0.2, 0.25) is 0 Å². The second-order valence-corrected chi connectivity index (χ2v) is 6.60. The molecule has 0 aromatic rings. The molecule has 24 heavy (non-hydrogen) atoms. The lowest BCUT2D eigenvalue weighted by Crippen LogP contribution is -2.19. The van der Waals surface area contributed by atoms with Crippen LogP contribution in [0.25, 0.3) is 0 Å². The van der Waals surface area contributed by atoms with E-state index in [4.69, 9.17) is 5.73 Å². The van der Waals surface area contributed by atoms with Gasteiger partial charge < -0.3 is 5.73 Å². The Balaban J connectivity index is 3.30. The number of rotatable bonds is 17. The van der Waals surface area contributed by atoms with Crippen LogP contribution < -0.4 is 5.73 Å². The third kappa shape index (κ3) is 14.2. The number of unbranched alkanes of at least 4 members (excludes halogenated alkanes) is 11. The van der Waals surface area contributed by atoms with Gasteiger partial charge in [-0.25, -0.2) is 0 Å². The zero-order chi connectivity index (χ0) is 18.0. The first-order valence-corrected chi connectivity index (χ1v) is 9.76. The average molecular weight is 336 g/mol. The number of carbonyl (C=O) groups excluding carboxylic acids is 2. The largest absolute Gasteiger partial charge is 0.366 e. The fourth-order valence-electron chi connectivity index (χ4n) is 2.64. The maximum atomic E-state index is 11.5. The summed E-state index contributed by atoms with van der Waals surface area (Å²) < 4.78 is 0. The molecule has 2 N–H and O–H groups in total. The molecule has 0 aliphatic carbocycles. The monoisotopic (exact) mass is 335 g/mol. The van der Waals surface area contributed by atoms with Gasteiger partial charge in [0.25, 0.3) is 5.91 Å². The van der Waals surface area contributed by atoms with Crippen molar-refractivity contribution in [2.45, 2.75) is 96.8 Å². The quantitative estimate of drug-likeness (QED) is 0.123. The van der Waals surface area contributed by atoms with Crippen molar-refractivity contribution in [2.75, 3.05) is 0 Å². The van der Waals surface area contributed by atoms with Gasteiger partial charge in [0.15, 0.2) is 5.78 Å². The molecule has 0 unspecified atom stereocenters. The van der Waals surface area contributed by atoms with Gasteiger partial charge in [0.05, 0.1) is 5.57 Å². The summed E-state index contributed by atoms with van der Waals surface area (Å²) in [7, 11) is 0. The summed E-state index contributed by atoms with van der Waals surface area (Å²) in [4.78, 5) is 22.3. The summed E-state index contributed by atoms with van der Waals surface area (Å²) in [5, 5.41) is 0. The first kappa shape index (κ1) is 22.6. The summed E-state index contributed by atoms with van der Waals surface area (Å²) in [5.74, 6) is -0.909. The zero-order valence-electron chi connectivity index (χ0n) is 15.7. The number of hydrogen-bond acceptors (Lipinski definition) is 2. The highest BCUT2D eigenvalue weighted by Crippen LogP contribution is 2.11. The van der Waals surface area contributed by atoms with E-state index < -0.39 is 5.91 Å². The van der Waals surface area contributed by atoms with E-state index in [1.165, 1.54) is 57.8 Å². The Morgan fingerprint density at radius 3 is 1.75 bits per heavy atom. The van der Waals surface area contributed by atoms with Crippen LogP contribution in [0, 0.1) is 0 Å². The number of ketones is 1. The normalized spacial score (nSPS) is 11.0. The molecule has 0 radical (unpaired) electrons. The predicted molar refractivity (Wildman–Crippen MR) is 103 cm³/mol. The van der Waals surface area contributed by atoms with Gasteiger partial charge in [0.1, 0.15) is 0 Å². The Bertz CT molecular complexity index is 385. The van der Waals surface area contributed by atoms with Crippen LogP contribution in [0.5, 0.6) is 0 Å². The minimum Gasteiger partial charge on any atom is -0.366 e. The SMILES string of the molecule is C=C(C(N)=O)C(=O)CCCCCCCC=CCCCCCCCC. The Labute approximate surface area is 148 Å². The van der Waals surface area contributed by atoms with Gasteiger partial charge in [-0.15, -0.1) is 0 Å². The van der Waals surface area contributed by atoms with Crippen LogP contribution in [-0.4, -0.2) is 11.7 Å². The second kappa shape index (κ2) is 16.5. The van der Waals surface area contributed by atoms with Crippen LogP contribution in [0.4, 0.5) is 0 Å². The summed E-state index contributed by atoms with van der Waals surface area (Å²) in [6, 6.07) is 0. The molecule has 3 nitrogen and oxygen atoms in total.